The molecule has 17 heavy (non-hydrogen) atoms. The van der Waals surface area contributed by atoms with Crippen molar-refractivity contribution in [3.8, 4) is 0 Å². The van der Waals surface area contributed by atoms with Crippen LogP contribution < -0.4 is 4.90 Å². The number of anilines is 1. The van der Waals surface area contributed by atoms with E-state index in [9.17, 15) is 5.11 Å². The van der Waals surface area contributed by atoms with Gasteiger partial charge < -0.3 is 10.0 Å². The lowest BCUT2D eigenvalue weighted by Crippen LogP contribution is -2.24. The molecule has 1 aromatic carbocycles. The van der Waals surface area contributed by atoms with Crippen LogP contribution in [0.1, 0.15) is 38.7 Å². The van der Waals surface area contributed by atoms with Gasteiger partial charge in [-0.2, -0.15) is 0 Å². The molecule has 0 saturated heterocycles. The van der Waals surface area contributed by atoms with E-state index < -0.39 is 0 Å². The SMILES string of the molecule is CCN(CCCCC(C)O)c1cccc(C)c1. The summed E-state index contributed by atoms with van der Waals surface area (Å²) < 4.78 is 0. The first-order chi connectivity index (χ1) is 8.13. The molecule has 1 atom stereocenters. The van der Waals surface area contributed by atoms with Crippen LogP contribution in [0.3, 0.4) is 0 Å². The molecule has 0 aromatic heterocycles. The molecular weight excluding hydrogens is 210 g/mol. The Kier molecular flexibility index (Phi) is 6.06. The number of aliphatic hydroxyl groups is 1. The Morgan fingerprint density at radius 2 is 2.06 bits per heavy atom. The average molecular weight is 235 g/mol. The van der Waals surface area contributed by atoms with Crippen molar-refractivity contribution >= 4 is 5.69 Å². The molecule has 0 saturated carbocycles. The van der Waals surface area contributed by atoms with Crippen molar-refractivity contribution < 1.29 is 5.11 Å². The van der Waals surface area contributed by atoms with E-state index in [1.165, 1.54) is 11.3 Å². The zero-order chi connectivity index (χ0) is 12.7. The maximum Gasteiger partial charge on any atom is 0.0512 e. The molecule has 0 spiro atoms. The second-order valence-corrected chi connectivity index (χ2v) is 4.76. The van der Waals surface area contributed by atoms with E-state index >= 15 is 0 Å². The summed E-state index contributed by atoms with van der Waals surface area (Å²) in [5, 5.41) is 9.21. The van der Waals surface area contributed by atoms with Crippen LogP contribution >= 0.6 is 0 Å². The highest BCUT2D eigenvalue weighted by atomic mass is 16.3. The van der Waals surface area contributed by atoms with Crippen molar-refractivity contribution in [1.82, 2.24) is 0 Å². The number of nitrogens with zero attached hydrogens (tertiary/aromatic N) is 1. The summed E-state index contributed by atoms with van der Waals surface area (Å²) >= 11 is 0. The number of hydrogen-bond acceptors (Lipinski definition) is 2. The predicted octanol–water partition coefficient (Wildman–Crippen LogP) is 3.37. The quantitative estimate of drug-likeness (QED) is 0.732. The van der Waals surface area contributed by atoms with Gasteiger partial charge in [0.2, 0.25) is 0 Å². The molecule has 0 heterocycles. The van der Waals surface area contributed by atoms with E-state index in [4.69, 9.17) is 0 Å². The number of aliphatic hydroxyl groups excluding tert-OH is 1. The van der Waals surface area contributed by atoms with Crippen LogP contribution in [0.15, 0.2) is 24.3 Å². The third kappa shape index (κ3) is 5.22. The molecule has 0 bridgehead atoms. The molecule has 1 aromatic rings. The van der Waals surface area contributed by atoms with Crippen LogP contribution in [0.4, 0.5) is 5.69 Å². The van der Waals surface area contributed by atoms with Gasteiger partial charge >= 0.3 is 0 Å². The van der Waals surface area contributed by atoms with Gasteiger partial charge in [-0.15, -0.1) is 0 Å². The topological polar surface area (TPSA) is 23.5 Å². The van der Waals surface area contributed by atoms with Crippen molar-refractivity contribution in [2.75, 3.05) is 18.0 Å². The average Bonchev–Trinajstić information content (AvgIpc) is 2.29. The van der Waals surface area contributed by atoms with Crippen molar-refractivity contribution in [1.29, 1.82) is 0 Å². The van der Waals surface area contributed by atoms with Gasteiger partial charge in [0, 0.05) is 18.8 Å². The second-order valence-electron chi connectivity index (χ2n) is 4.76. The van der Waals surface area contributed by atoms with Gasteiger partial charge in [0.1, 0.15) is 0 Å². The smallest absolute Gasteiger partial charge is 0.0512 e. The number of rotatable bonds is 7. The molecule has 0 aliphatic rings. The lowest BCUT2D eigenvalue weighted by Gasteiger charge is -2.23. The molecule has 96 valence electrons. The Bertz CT molecular complexity index is 322. The molecule has 1 unspecified atom stereocenters. The predicted molar refractivity (Wildman–Crippen MR) is 74.6 cm³/mol. The summed E-state index contributed by atoms with van der Waals surface area (Å²) in [6, 6.07) is 8.65. The fraction of sp³-hybridized carbons (Fsp3) is 0.600. The minimum atomic E-state index is -0.163. The Balaban J connectivity index is 2.43. The molecule has 2 nitrogen and oxygen atoms in total. The summed E-state index contributed by atoms with van der Waals surface area (Å²) in [6.45, 7) is 8.30. The van der Waals surface area contributed by atoms with Crippen LogP contribution in [0, 0.1) is 6.92 Å². The van der Waals surface area contributed by atoms with Crippen LogP contribution in [-0.4, -0.2) is 24.3 Å². The molecule has 0 aliphatic heterocycles. The minimum Gasteiger partial charge on any atom is -0.393 e. The van der Waals surface area contributed by atoms with Crippen LogP contribution in [-0.2, 0) is 0 Å². The third-order valence-electron chi connectivity index (χ3n) is 3.05. The zero-order valence-electron chi connectivity index (χ0n) is 11.3. The van der Waals surface area contributed by atoms with Crippen molar-refractivity contribution in [3.63, 3.8) is 0 Å². The molecule has 1 rings (SSSR count). The Labute approximate surface area is 105 Å². The molecule has 2 heteroatoms. The van der Waals surface area contributed by atoms with Gasteiger partial charge in [-0.05, 0) is 57.7 Å². The monoisotopic (exact) mass is 235 g/mol. The Morgan fingerprint density at radius 3 is 2.65 bits per heavy atom. The summed E-state index contributed by atoms with van der Waals surface area (Å²) in [4.78, 5) is 2.40. The van der Waals surface area contributed by atoms with Crippen LogP contribution in [0.25, 0.3) is 0 Å². The number of benzene rings is 1. The van der Waals surface area contributed by atoms with Gasteiger partial charge in [0.25, 0.3) is 0 Å². The number of aryl methyl sites for hydroxylation is 1. The fourth-order valence-corrected chi connectivity index (χ4v) is 2.04. The lowest BCUT2D eigenvalue weighted by molar-refractivity contribution is 0.181. The fourth-order valence-electron chi connectivity index (χ4n) is 2.04. The van der Waals surface area contributed by atoms with Gasteiger partial charge in [0.05, 0.1) is 6.10 Å². The summed E-state index contributed by atoms with van der Waals surface area (Å²) in [5.74, 6) is 0. The van der Waals surface area contributed by atoms with Crippen LogP contribution in [0.2, 0.25) is 0 Å². The first-order valence-corrected chi connectivity index (χ1v) is 6.63. The van der Waals surface area contributed by atoms with Crippen molar-refractivity contribution in [3.05, 3.63) is 29.8 Å². The van der Waals surface area contributed by atoms with Gasteiger partial charge in [-0.3, -0.25) is 0 Å². The van der Waals surface area contributed by atoms with Gasteiger partial charge in [0.15, 0.2) is 0 Å². The van der Waals surface area contributed by atoms with E-state index in [0.717, 1.165) is 32.4 Å². The maximum atomic E-state index is 9.21. The largest absolute Gasteiger partial charge is 0.393 e. The lowest BCUT2D eigenvalue weighted by atomic mass is 10.1. The highest BCUT2D eigenvalue weighted by Gasteiger charge is 2.04. The Morgan fingerprint density at radius 1 is 1.29 bits per heavy atom. The normalized spacial score (nSPS) is 12.5. The first-order valence-electron chi connectivity index (χ1n) is 6.63. The summed E-state index contributed by atoms with van der Waals surface area (Å²) in [6.07, 6.45) is 2.99. The van der Waals surface area contributed by atoms with Gasteiger partial charge in [-0.25, -0.2) is 0 Å². The molecule has 0 radical (unpaired) electrons. The Hall–Kier alpha value is -1.02. The number of unbranched alkanes of at least 4 members (excludes halogenated alkanes) is 1. The summed E-state index contributed by atoms with van der Waals surface area (Å²) in [7, 11) is 0. The zero-order valence-corrected chi connectivity index (χ0v) is 11.3. The first kappa shape index (κ1) is 14.0. The van der Waals surface area contributed by atoms with Crippen LogP contribution in [0.5, 0.6) is 0 Å². The van der Waals surface area contributed by atoms with Gasteiger partial charge in [-0.1, -0.05) is 12.1 Å². The standard InChI is InChI=1S/C15H25NO/c1-4-16(11-6-5-9-14(3)17)15-10-7-8-13(2)12-15/h7-8,10,12,14,17H,4-6,9,11H2,1-3H3. The highest BCUT2D eigenvalue weighted by molar-refractivity contribution is 5.48. The highest BCUT2D eigenvalue weighted by Crippen LogP contribution is 2.16. The van der Waals surface area contributed by atoms with Crippen molar-refractivity contribution in [2.45, 2.75) is 46.1 Å². The summed E-state index contributed by atoms with van der Waals surface area (Å²) in [5.41, 5.74) is 2.62. The van der Waals surface area contributed by atoms with E-state index in [0.29, 0.717) is 0 Å². The second kappa shape index (κ2) is 7.33. The van der Waals surface area contributed by atoms with E-state index in [-0.39, 0.29) is 6.10 Å². The van der Waals surface area contributed by atoms with E-state index in [2.05, 4.69) is 43.0 Å². The third-order valence-corrected chi connectivity index (χ3v) is 3.05. The van der Waals surface area contributed by atoms with Crippen molar-refractivity contribution in [2.24, 2.45) is 0 Å². The molecule has 1 N–H and O–H groups in total. The minimum absolute atomic E-state index is 0.163. The maximum absolute atomic E-state index is 9.21. The van der Waals surface area contributed by atoms with E-state index in [1.807, 2.05) is 6.92 Å². The molecule has 0 aliphatic carbocycles. The molecule has 0 amide bonds. The molecule has 0 fully saturated rings. The molecular formula is C15H25NO. The number of hydrogen-bond donors (Lipinski definition) is 1. The van der Waals surface area contributed by atoms with E-state index in [1.54, 1.807) is 0 Å².